The molecule has 3 aromatic rings. The number of carbonyl (C=O) groups excluding carboxylic acids is 1. The second-order valence-electron chi connectivity index (χ2n) is 6.49. The molecule has 8 nitrogen and oxygen atoms in total. The van der Waals surface area contributed by atoms with Crippen LogP contribution in [-0.2, 0) is 14.6 Å². The molecule has 0 fully saturated rings. The molecule has 0 unspecified atom stereocenters. The Balaban J connectivity index is 1.51. The van der Waals surface area contributed by atoms with Crippen molar-refractivity contribution in [2.75, 3.05) is 31.9 Å². The van der Waals surface area contributed by atoms with Crippen LogP contribution in [0, 0.1) is 0 Å². The molecule has 4 rings (SSSR count). The summed E-state index contributed by atoms with van der Waals surface area (Å²) in [5, 5.41) is 3.08. The lowest BCUT2D eigenvalue weighted by Crippen LogP contribution is -2.16. The highest BCUT2D eigenvalue weighted by Gasteiger charge is 2.18. The van der Waals surface area contributed by atoms with Gasteiger partial charge in [-0.1, -0.05) is 11.3 Å². The van der Waals surface area contributed by atoms with Gasteiger partial charge in [0, 0.05) is 12.3 Å². The normalized spacial score (nSPS) is 13.5. The molecule has 1 N–H and O–H groups in total. The fraction of sp³-hybridized carbons (Fsp3) is 0.200. The van der Waals surface area contributed by atoms with E-state index in [1.165, 1.54) is 30.6 Å². The fourth-order valence-electron chi connectivity index (χ4n) is 2.90. The lowest BCUT2D eigenvalue weighted by Gasteiger charge is -2.20. The highest BCUT2D eigenvalue weighted by molar-refractivity contribution is 7.90. The number of ether oxygens (including phenoxy) is 3. The Bertz CT molecular complexity index is 1250. The summed E-state index contributed by atoms with van der Waals surface area (Å²) in [6, 6.07) is 8.19. The summed E-state index contributed by atoms with van der Waals surface area (Å²) < 4.78 is 40.6. The molecule has 1 aliphatic rings. The first kappa shape index (κ1) is 20.2. The van der Waals surface area contributed by atoms with Gasteiger partial charge in [0.2, 0.25) is 11.7 Å². The van der Waals surface area contributed by atoms with Gasteiger partial charge in [0.25, 0.3) is 0 Å². The maximum absolute atomic E-state index is 12.3. The van der Waals surface area contributed by atoms with Crippen LogP contribution in [0.25, 0.3) is 16.3 Å². The summed E-state index contributed by atoms with van der Waals surface area (Å²) in [6.45, 7) is 0.900. The number of anilines is 1. The van der Waals surface area contributed by atoms with E-state index in [9.17, 15) is 13.2 Å². The van der Waals surface area contributed by atoms with Crippen LogP contribution in [0.2, 0.25) is 0 Å². The van der Waals surface area contributed by atoms with Gasteiger partial charge in [0.1, 0.15) is 13.2 Å². The van der Waals surface area contributed by atoms with E-state index in [-0.39, 0.29) is 10.8 Å². The maximum Gasteiger partial charge on any atom is 0.250 e. The van der Waals surface area contributed by atoms with Crippen LogP contribution in [0.4, 0.5) is 5.13 Å². The minimum absolute atomic E-state index is 0.212. The highest BCUT2D eigenvalue weighted by Crippen LogP contribution is 2.40. The van der Waals surface area contributed by atoms with E-state index in [2.05, 4.69) is 10.3 Å². The van der Waals surface area contributed by atoms with Gasteiger partial charge < -0.3 is 14.2 Å². The summed E-state index contributed by atoms with van der Waals surface area (Å²) in [5.41, 5.74) is 1.33. The van der Waals surface area contributed by atoms with Crippen LogP contribution < -0.4 is 19.5 Å². The lowest BCUT2D eigenvalue weighted by molar-refractivity contribution is -0.111. The van der Waals surface area contributed by atoms with Crippen LogP contribution >= 0.6 is 11.3 Å². The van der Waals surface area contributed by atoms with Crippen molar-refractivity contribution < 1.29 is 27.4 Å². The zero-order valence-electron chi connectivity index (χ0n) is 16.2. The second-order valence-corrected chi connectivity index (χ2v) is 9.54. The molecule has 10 heteroatoms. The molecule has 156 valence electrons. The SMILES string of the molecule is COc1cc(C=CC(=O)Nc2nc3ccc(S(C)(=O)=O)cc3s2)cc2c1OCCO2. The summed E-state index contributed by atoms with van der Waals surface area (Å²) in [7, 11) is -1.77. The summed E-state index contributed by atoms with van der Waals surface area (Å²) in [4.78, 5) is 16.8. The van der Waals surface area contributed by atoms with E-state index >= 15 is 0 Å². The molecule has 0 bridgehead atoms. The first-order valence-electron chi connectivity index (χ1n) is 8.91. The van der Waals surface area contributed by atoms with Crippen molar-refractivity contribution in [3.63, 3.8) is 0 Å². The summed E-state index contributed by atoms with van der Waals surface area (Å²) >= 11 is 1.20. The van der Waals surface area contributed by atoms with E-state index < -0.39 is 9.84 Å². The van der Waals surface area contributed by atoms with Crippen LogP contribution in [0.1, 0.15) is 5.56 Å². The molecule has 0 atom stereocenters. The number of amides is 1. The molecule has 0 radical (unpaired) electrons. The number of hydrogen-bond donors (Lipinski definition) is 1. The van der Waals surface area contributed by atoms with Crippen molar-refractivity contribution in [2.24, 2.45) is 0 Å². The van der Waals surface area contributed by atoms with Crippen LogP contribution in [0.3, 0.4) is 0 Å². The number of nitrogens with zero attached hydrogens (tertiary/aromatic N) is 1. The van der Waals surface area contributed by atoms with Crippen molar-refractivity contribution in [1.29, 1.82) is 0 Å². The zero-order chi connectivity index (χ0) is 21.3. The molecule has 0 saturated carbocycles. The van der Waals surface area contributed by atoms with Gasteiger partial charge in [0.15, 0.2) is 26.5 Å². The van der Waals surface area contributed by atoms with Crippen LogP contribution in [0.15, 0.2) is 41.3 Å². The largest absolute Gasteiger partial charge is 0.493 e. The number of nitrogens with one attached hydrogen (secondary N) is 1. The molecule has 1 aromatic heterocycles. The van der Waals surface area contributed by atoms with Crippen molar-refractivity contribution in [2.45, 2.75) is 4.90 Å². The number of aromatic nitrogens is 1. The van der Waals surface area contributed by atoms with E-state index in [1.54, 1.807) is 30.3 Å². The average Bonchev–Trinajstić information content (AvgIpc) is 3.12. The van der Waals surface area contributed by atoms with E-state index in [0.717, 1.165) is 6.26 Å². The molecule has 0 saturated heterocycles. The Kier molecular flexibility index (Phi) is 5.35. The Hall–Kier alpha value is -3.11. The molecule has 1 aliphatic heterocycles. The third-order valence-electron chi connectivity index (χ3n) is 4.30. The number of benzene rings is 2. The third-order valence-corrected chi connectivity index (χ3v) is 6.34. The molecule has 2 aromatic carbocycles. The molecule has 0 spiro atoms. The number of methoxy groups -OCH3 is 1. The van der Waals surface area contributed by atoms with Crippen LogP contribution in [0.5, 0.6) is 17.2 Å². The number of carbonyl (C=O) groups is 1. The van der Waals surface area contributed by atoms with Gasteiger partial charge >= 0.3 is 0 Å². The van der Waals surface area contributed by atoms with E-state index in [1.807, 2.05) is 0 Å². The van der Waals surface area contributed by atoms with Gasteiger partial charge in [-0.05, 0) is 42.0 Å². The van der Waals surface area contributed by atoms with Gasteiger partial charge in [-0.25, -0.2) is 13.4 Å². The van der Waals surface area contributed by atoms with E-state index in [0.29, 0.717) is 51.4 Å². The number of thiazole rings is 1. The zero-order valence-corrected chi connectivity index (χ0v) is 17.8. The Morgan fingerprint density at radius 3 is 2.80 bits per heavy atom. The minimum atomic E-state index is -3.31. The van der Waals surface area contributed by atoms with Gasteiger partial charge in [-0.3, -0.25) is 10.1 Å². The Labute approximate surface area is 177 Å². The topological polar surface area (TPSA) is 104 Å². The quantitative estimate of drug-likeness (QED) is 0.601. The lowest BCUT2D eigenvalue weighted by atomic mass is 10.1. The minimum Gasteiger partial charge on any atom is -0.493 e. The van der Waals surface area contributed by atoms with Crippen LogP contribution in [-0.4, -0.2) is 45.9 Å². The maximum atomic E-state index is 12.3. The average molecular weight is 447 g/mol. The standard InChI is InChI=1S/C20H18N2O6S2/c1-26-15-9-12(10-16-19(15)28-8-7-27-16)3-6-18(23)22-20-21-14-5-4-13(30(2,24)25)11-17(14)29-20/h3-6,9-11H,7-8H2,1-2H3,(H,21,22,23). The first-order valence-corrected chi connectivity index (χ1v) is 11.6. The van der Waals surface area contributed by atoms with Crippen molar-refractivity contribution in [3.05, 3.63) is 42.0 Å². The van der Waals surface area contributed by atoms with Gasteiger partial charge in [-0.15, -0.1) is 0 Å². The van der Waals surface area contributed by atoms with Crippen molar-refractivity contribution in [3.8, 4) is 17.2 Å². The number of rotatable bonds is 5. The van der Waals surface area contributed by atoms with Crippen molar-refractivity contribution >= 4 is 48.5 Å². The smallest absolute Gasteiger partial charge is 0.250 e. The van der Waals surface area contributed by atoms with E-state index in [4.69, 9.17) is 14.2 Å². The first-order chi connectivity index (χ1) is 14.3. The monoisotopic (exact) mass is 446 g/mol. The predicted octanol–water partition coefficient (Wildman–Crippen LogP) is 3.13. The van der Waals surface area contributed by atoms with Gasteiger partial charge in [-0.2, -0.15) is 0 Å². The molecular weight excluding hydrogens is 428 g/mol. The third kappa shape index (κ3) is 4.24. The number of sulfone groups is 1. The summed E-state index contributed by atoms with van der Waals surface area (Å²) in [6.07, 6.45) is 4.15. The highest BCUT2D eigenvalue weighted by atomic mass is 32.2. The predicted molar refractivity (Wildman–Crippen MR) is 114 cm³/mol. The molecule has 1 amide bonds. The van der Waals surface area contributed by atoms with Crippen molar-refractivity contribution in [1.82, 2.24) is 4.98 Å². The fourth-order valence-corrected chi connectivity index (χ4v) is 4.53. The number of hydrogen-bond acceptors (Lipinski definition) is 8. The number of fused-ring (bicyclic) bond motifs is 2. The second kappa shape index (κ2) is 7.96. The molecular formula is C20H18N2O6S2. The Morgan fingerprint density at radius 1 is 1.23 bits per heavy atom. The molecule has 30 heavy (non-hydrogen) atoms. The van der Waals surface area contributed by atoms with Gasteiger partial charge in [0.05, 0.1) is 22.2 Å². The summed E-state index contributed by atoms with van der Waals surface area (Å²) in [5.74, 6) is 1.27. The molecule has 0 aliphatic carbocycles. The Morgan fingerprint density at radius 2 is 2.03 bits per heavy atom. The molecule has 2 heterocycles.